The Morgan fingerprint density at radius 2 is 1.92 bits per heavy atom. The van der Waals surface area contributed by atoms with E-state index in [0.717, 1.165) is 5.39 Å². The van der Waals surface area contributed by atoms with E-state index in [4.69, 9.17) is 17.0 Å². The summed E-state index contributed by atoms with van der Waals surface area (Å²) in [5, 5.41) is 12.5. The first-order valence-electron chi connectivity index (χ1n) is 11.4. The molecular weight excluding hydrogens is 468 g/mol. The molecule has 182 valence electrons. The molecule has 5 rings (SSSR count). The van der Waals surface area contributed by atoms with E-state index < -0.39 is 6.04 Å². The second-order valence-corrected chi connectivity index (χ2v) is 8.24. The van der Waals surface area contributed by atoms with Gasteiger partial charge in [0, 0.05) is 29.2 Å². The summed E-state index contributed by atoms with van der Waals surface area (Å²) in [4.78, 5) is 25.8. The van der Waals surface area contributed by atoms with Crippen molar-refractivity contribution in [2.75, 3.05) is 18.2 Å². The van der Waals surface area contributed by atoms with Crippen molar-refractivity contribution in [1.29, 1.82) is 0 Å². The number of nitrogens with one attached hydrogen (secondary N) is 1. The molecule has 10 nitrogen and oxygen atoms in total. The van der Waals surface area contributed by atoms with Crippen molar-refractivity contribution in [3.63, 3.8) is 0 Å². The predicted octanol–water partition coefficient (Wildman–Crippen LogP) is 4.55. The number of hydrogen-bond donors (Lipinski definition) is 2. The number of rotatable bonds is 6. The number of ether oxygens (including phenoxy) is 1. The molecule has 0 spiro atoms. The highest BCUT2D eigenvalue weighted by Gasteiger charge is 2.20. The van der Waals surface area contributed by atoms with E-state index in [1.807, 2.05) is 61.5 Å². The molecule has 0 amide bonds. The standard InChI is InChI=1S/C27H22N8O2/c1-16(32-25-21(29-2)15-30-27(28)33-25)22-12-17-8-7-11-20(18-13-23(37-3)34-31-14-18)24(17)26(36)35(22)19-9-5-4-6-10-19/h4-16H,1,3H3,(H3,28,30,32,33)/t16-/m0/s1. The molecule has 1 atom stereocenters. The fourth-order valence-corrected chi connectivity index (χ4v) is 4.24. The lowest BCUT2D eigenvalue weighted by Gasteiger charge is -2.22. The van der Waals surface area contributed by atoms with Crippen LogP contribution in [0.2, 0.25) is 0 Å². The Morgan fingerprint density at radius 3 is 2.68 bits per heavy atom. The number of anilines is 2. The molecule has 0 aliphatic carbocycles. The highest BCUT2D eigenvalue weighted by molar-refractivity contribution is 5.96. The highest BCUT2D eigenvalue weighted by Crippen LogP contribution is 2.32. The number of nitrogen functional groups attached to an aromatic ring is 1. The smallest absolute Gasteiger partial charge is 0.263 e. The van der Waals surface area contributed by atoms with Crippen LogP contribution in [0.15, 0.2) is 77.9 Å². The van der Waals surface area contributed by atoms with Crippen molar-refractivity contribution in [1.82, 2.24) is 24.7 Å². The fraction of sp³-hybridized carbons (Fsp3) is 0.111. The second-order valence-electron chi connectivity index (χ2n) is 8.24. The molecule has 37 heavy (non-hydrogen) atoms. The van der Waals surface area contributed by atoms with Gasteiger partial charge in [0.15, 0.2) is 0 Å². The average Bonchev–Trinajstić information content (AvgIpc) is 2.93. The Bertz CT molecular complexity index is 1710. The average molecular weight is 491 g/mol. The third kappa shape index (κ3) is 4.41. The summed E-state index contributed by atoms with van der Waals surface area (Å²) in [6.07, 6.45) is 2.98. The number of pyridine rings is 1. The fourth-order valence-electron chi connectivity index (χ4n) is 4.24. The molecule has 3 heterocycles. The molecule has 10 heteroatoms. The summed E-state index contributed by atoms with van der Waals surface area (Å²) in [7, 11) is 1.52. The van der Waals surface area contributed by atoms with Gasteiger partial charge in [-0.3, -0.25) is 9.36 Å². The molecular formula is C27H22N8O2. The van der Waals surface area contributed by atoms with E-state index in [9.17, 15) is 4.79 Å². The Kier molecular flexibility index (Phi) is 6.18. The van der Waals surface area contributed by atoms with Crippen LogP contribution < -0.4 is 21.3 Å². The molecule has 0 aliphatic rings. The van der Waals surface area contributed by atoms with Crippen molar-refractivity contribution in [2.24, 2.45) is 0 Å². The number of nitrogens with zero attached hydrogens (tertiary/aromatic N) is 6. The first-order valence-corrected chi connectivity index (χ1v) is 11.4. The number of nitrogens with two attached hydrogens (primary N) is 1. The van der Waals surface area contributed by atoms with Gasteiger partial charge in [-0.15, -0.1) is 5.10 Å². The zero-order valence-electron chi connectivity index (χ0n) is 20.1. The van der Waals surface area contributed by atoms with Crippen LogP contribution in [0.4, 0.5) is 17.5 Å². The van der Waals surface area contributed by atoms with Crippen molar-refractivity contribution in [3.8, 4) is 22.7 Å². The van der Waals surface area contributed by atoms with Crippen molar-refractivity contribution < 1.29 is 4.74 Å². The highest BCUT2D eigenvalue weighted by atomic mass is 16.5. The molecule has 3 N–H and O–H groups in total. The molecule has 5 aromatic rings. The first-order chi connectivity index (χ1) is 18.0. The monoisotopic (exact) mass is 490 g/mol. The van der Waals surface area contributed by atoms with Crippen LogP contribution in [0.25, 0.3) is 32.4 Å². The van der Waals surface area contributed by atoms with Gasteiger partial charge in [-0.25, -0.2) is 14.8 Å². The molecule has 2 aromatic carbocycles. The Balaban J connectivity index is 1.74. The summed E-state index contributed by atoms with van der Waals surface area (Å²) in [5.41, 5.74) is 8.61. The van der Waals surface area contributed by atoms with Gasteiger partial charge in [0.2, 0.25) is 17.5 Å². The quantitative estimate of drug-likeness (QED) is 0.332. The number of hydrogen-bond acceptors (Lipinski definition) is 8. The van der Waals surface area contributed by atoms with Gasteiger partial charge < -0.3 is 15.8 Å². The lowest BCUT2D eigenvalue weighted by Crippen LogP contribution is -2.26. The third-order valence-electron chi connectivity index (χ3n) is 5.95. The number of fused-ring (bicyclic) bond motifs is 1. The van der Waals surface area contributed by atoms with Crippen LogP contribution >= 0.6 is 0 Å². The topological polar surface area (TPSA) is 125 Å². The number of benzene rings is 2. The van der Waals surface area contributed by atoms with E-state index in [2.05, 4.69) is 30.3 Å². The number of methoxy groups -OCH3 is 1. The molecule has 0 saturated carbocycles. The van der Waals surface area contributed by atoms with Gasteiger partial charge in [0.25, 0.3) is 5.56 Å². The third-order valence-corrected chi connectivity index (χ3v) is 5.95. The summed E-state index contributed by atoms with van der Waals surface area (Å²) in [6.45, 7) is 9.34. The normalized spacial score (nSPS) is 11.6. The SMILES string of the molecule is [C-]#[N+]c1cnc(N)nc1N[C@@H](C)c1cc2cccc(-c3cnnc(OC)c3)c2c(=O)n1-c1ccccc1. The van der Waals surface area contributed by atoms with Crippen molar-refractivity contribution in [3.05, 3.63) is 101 Å². The maximum atomic E-state index is 14.2. The maximum absolute atomic E-state index is 14.2. The Labute approximate surface area is 212 Å². The molecule has 0 bridgehead atoms. The zero-order chi connectivity index (χ0) is 25.9. The van der Waals surface area contributed by atoms with Crippen LogP contribution in [0.5, 0.6) is 5.88 Å². The molecule has 0 fully saturated rings. The summed E-state index contributed by atoms with van der Waals surface area (Å²) in [5.74, 6) is 0.699. The van der Waals surface area contributed by atoms with Gasteiger partial charge in [-0.05, 0) is 36.1 Å². The largest absolute Gasteiger partial charge is 0.480 e. The van der Waals surface area contributed by atoms with Gasteiger partial charge >= 0.3 is 0 Å². The number of aromatic nitrogens is 5. The Hall–Kier alpha value is -5.30. The van der Waals surface area contributed by atoms with E-state index in [0.29, 0.717) is 39.6 Å². The maximum Gasteiger partial charge on any atom is 0.263 e. The van der Waals surface area contributed by atoms with Crippen molar-refractivity contribution >= 4 is 28.2 Å². The summed E-state index contributed by atoms with van der Waals surface area (Å²) >= 11 is 0. The minimum absolute atomic E-state index is 0.0482. The number of para-hydroxylation sites is 1. The minimum Gasteiger partial charge on any atom is -0.480 e. The van der Waals surface area contributed by atoms with Crippen LogP contribution in [0.1, 0.15) is 18.7 Å². The van der Waals surface area contributed by atoms with E-state index in [-0.39, 0.29) is 17.2 Å². The molecule has 0 radical (unpaired) electrons. The molecule has 0 saturated heterocycles. The lowest BCUT2D eigenvalue weighted by atomic mass is 9.99. The summed E-state index contributed by atoms with van der Waals surface area (Å²) < 4.78 is 6.90. The zero-order valence-corrected chi connectivity index (χ0v) is 20.1. The van der Waals surface area contributed by atoms with E-state index >= 15 is 0 Å². The molecule has 0 unspecified atom stereocenters. The van der Waals surface area contributed by atoms with E-state index in [1.54, 1.807) is 16.8 Å². The lowest BCUT2D eigenvalue weighted by molar-refractivity contribution is 0.392. The first kappa shape index (κ1) is 23.4. The van der Waals surface area contributed by atoms with Crippen molar-refractivity contribution in [2.45, 2.75) is 13.0 Å². The van der Waals surface area contributed by atoms with Crippen LogP contribution in [-0.2, 0) is 0 Å². The van der Waals surface area contributed by atoms with Crippen LogP contribution in [-0.4, -0.2) is 31.8 Å². The predicted molar refractivity (Wildman–Crippen MR) is 142 cm³/mol. The molecule has 3 aromatic heterocycles. The molecule has 0 aliphatic heterocycles. The van der Waals surface area contributed by atoms with Gasteiger partial charge in [-0.1, -0.05) is 36.4 Å². The van der Waals surface area contributed by atoms with Crippen LogP contribution in [0, 0.1) is 6.57 Å². The van der Waals surface area contributed by atoms with Gasteiger partial charge in [-0.2, -0.15) is 5.10 Å². The van der Waals surface area contributed by atoms with E-state index in [1.165, 1.54) is 13.3 Å². The van der Waals surface area contributed by atoms with Gasteiger partial charge in [0.05, 0.1) is 31.3 Å². The Morgan fingerprint density at radius 1 is 1.11 bits per heavy atom. The second kappa shape index (κ2) is 9.75. The van der Waals surface area contributed by atoms with Gasteiger partial charge in [0.1, 0.15) is 5.82 Å². The summed E-state index contributed by atoms with van der Waals surface area (Å²) in [6, 6.07) is 18.3. The minimum atomic E-state index is -0.418. The van der Waals surface area contributed by atoms with Crippen LogP contribution in [0.3, 0.4) is 0 Å².